The van der Waals surface area contributed by atoms with Crippen molar-refractivity contribution in [2.75, 3.05) is 0 Å². The topological polar surface area (TPSA) is 50.4 Å². The van der Waals surface area contributed by atoms with Gasteiger partial charge in [-0.25, -0.2) is 0 Å². The Balaban J connectivity index is 3.05. The Bertz CT molecular complexity index is 609. The second-order valence-corrected chi connectivity index (χ2v) is 3.97. The van der Waals surface area contributed by atoms with Crippen molar-refractivity contribution in [3.05, 3.63) is 39.2 Å². The minimum atomic E-state index is -0.0128. The molecule has 1 N–H and O–H groups in total. The van der Waals surface area contributed by atoms with Crippen LogP contribution in [-0.2, 0) is 6.42 Å². The quantitative estimate of drug-likeness (QED) is 0.800. The maximum absolute atomic E-state index is 12.0. The van der Waals surface area contributed by atoms with Crippen molar-refractivity contribution in [2.45, 2.75) is 27.2 Å². The van der Waals surface area contributed by atoms with Gasteiger partial charge in [0.2, 0.25) is 0 Å². The number of fused-ring (bicyclic) bond motifs is 1. The highest BCUT2D eigenvalue weighted by Gasteiger charge is 2.13. The monoisotopic (exact) mass is 218 g/mol. The SMILES string of the molecule is CCc1c(C)c(O)cc2occ(C)c(=O)c12. The van der Waals surface area contributed by atoms with Crippen molar-refractivity contribution in [2.24, 2.45) is 0 Å². The summed E-state index contributed by atoms with van der Waals surface area (Å²) < 4.78 is 5.34. The number of phenolic OH excluding ortho intramolecular Hbond substituents is 1. The van der Waals surface area contributed by atoms with Crippen LogP contribution in [0, 0.1) is 13.8 Å². The van der Waals surface area contributed by atoms with Crippen LogP contribution in [-0.4, -0.2) is 5.11 Å². The molecule has 0 amide bonds. The number of rotatable bonds is 1. The van der Waals surface area contributed by atoms with Gasteiger partial charge in [0.1, 0.15) is 11.3 Å². The molecule has 2 rings (SSSR count). The first-order chi connectivity index (χ1) is 7.56. The van der Waals surface area contributed by atoms with Crippen molar-refractivity contribution in [1.29, 1.82) is 0 Å². The molecular weight excluding hydrogens is 204 g/mol. The Morgan fingerprint density at radius 3 is 2.69 bits per heavy atom. The van der Waals surface area contributed by atoms with Gasteiger partial charge in [-0.05, 0) is 31.4 Å². The summed E-state index contributed by atoms with van der Waals surface area (Å²) in [5.74, 6) is 0.177. The van der Waals surface area contributed by atoms with Crippen LogP contribution in [0.1, 0.15) is 23.6 Å². The van der Waals surface area contributed by atoms with E-state index in [4.69, 9.17) is 4.42 Å². The lowest BCUT2D eigenvalue weighted by atomic mass is 9.99. The molecule has 0 bridgehead atoms. The van der Waals surface area contributed by atoms with Crippen LogP contribution in [0.5, 0.6) is 5.75 Å². The van der Waals surface area contributed by atoms with E-state index in [0.717, 1.165) is 11.1 Å². The third-order valence-corrected chi connectivity index (χ3v) is 2.95. The fourth-order valence-electron chi connectivity index (χ4n) is 1.98. The lowest BCUT2D eigenvalue weighted by Crippen LogP contribution is -2.08. The van der Waals surface area contributed by atoms with Crippen LogP contribution in [0.15, 0.2) is 21.5 Å². The van der Waals surface area contributed by atoms with Crippen molar-refractivity contribution in [1.82, 2.24) is 0 Å². The number of hydrogen-bond donors (Lipinski definition) is 1. The molecule has 3 nitrogen and oxygen atoms in total. The third kappa shape index (κ3) is 1.40. The maximum Gasteiger partial charge on any atom is 0.195 e. The smallest absolute Gasteiger partial charge is 0.195 e. The zero-order chi connectivity index (χ0) is 11.9. The van der Waals surface area contributed by atoms with Gasteiger partial charge in [-0.3, -0.25) is 4.79 Å². The molecule has 3 heteroatoms. The summed E-state index contributed by atoms with van der Waals surface area (Å²) in [6, 6.07) is 1.50. The largest absolute Gasteiger partial charge is 0.508 e. The average molecular weight is 218 g/mol. The molecule has 0 radical (unpaired) electrons. The van der Waals surface area contributed by atoms with Crippen molar-refractivity contribution < 1.29 is 9.52 Å². The molecule has 0 aliphatic rings. The Hall–Kier alpha value is -1.77. The highest BCUT2D eigenvalue weighted by molar-refractivity contribution is 5.84. The normalized spacial score (nSPS) is 10.9. The first-order valence-electron chi connectivity index (χ1n) is 5.29. The molecule has 0 fully saturated rings. The van der Waals surface area contributed by atoms with Gasteiger partial charge in [0.15, 0.2) is 5.43 Å². The van der Waals surface area contributed by atoms with Crippen LogP contribution in [0.2, 0.25) is 0 Å². The van der Waals surface area contributed by atoms with E-state index in [2.05, 4.69) is 0 Å². The summed E-state index contributed by atoms with van der Waals surface area (Å²) in [5.41, 5.74) is 2.66. The van der Waals surface area contributed by atoms with Gasteiger partial charge < -0.3 is 9.52 Å². The van der Waals surface area contributed by atoms with Crippen LogP contribution in [0.25, 0.3) is 11.0 Å². The predicted octanol–water partition coefficient (Wildman–Crippen LogP) is 2.68. The van der Waals surface area contributed by atoms with Gasteiger partial charge in [0, 0.05) is 11.6 Å². The number of hydrogen-bond acceptors (Lipinski definition) is 3. The maximum atomic E-state index is 12.0. The lowest BCUT2D eigenvalue weighted by molar-refractivity contribution is 0.469. The minimum absolute atomic E-state index is 0.0128. The standard InChI is InChI=1S/C13H14O3/c1-4-9-8(3)10(14)5-11-12(9)13(15)7(2)6-16-11/h5-6,14H,4H2,1-3H3. The van der Waals surface area contributed by atoms with E-state index in [9.17, 15) is 9.90 Å². The van der Waals surface area contributed by atoms with Gasteiger partial charge >= 0.3 is 0 Å². The van der Waals surface area contributed by atoms with E-state index in [1.807, 2.05) is 13.8 Å². The van der Waals surface area contributed by atoms with E-state index in [-0.39, 0.29) is 11.2 Å². The van der Waals surface area contributed by atoms with Crippen LogP contribution < -0.4 is 5.43 Å². The van der Waals surface area contributed by atoms with Crippen LogP contribution in [0.4, 0.5) is 0 Å². The average Bonchev–Trinajstić information content (AvgIpc) is 2.26. The third-order valence-electron chi connectivity index (χ3n) is 2.95. The van der Waals surface area contributed by atoms with E-state index in [1.165, 1.54) is 12.3 Å². The molecule has 0 atom stereocenters. The fraction of sp³-hybridized carbons (Fsp3) is 0.308. The predicted molar refractivity (Wildman–Crippen MR) is 63.0 cm³/mol. The van der Waals surface area contributed by atoms with Gasteiger partial charge in [0.05, 0.1) is 11.6 Å². The summed E-state index contributed by atoms with van der Waals surface area (Å²) in [7, 11) is 0. The highest BCUT2D eigenvalue weighted by Crippen LogP contribution is 2.28. The van der Waals surface area contributed by atoms with Crippen molar-refractivity contribution in [3.63, 3.8) is 0 Å². The molecule has 84 valence electrons. The Morgan fingerprint density at radius 2 is 2.06 bits per heavy atom. The zero-order valence-electron chi connectivity index (χ0n) is 9.63. The van der Waals surface area contributed by atoms with Gasteiger partial charge in [-0.1, -0.05) is 6.92 Å². The van der Waals surface area contributed by atoms with Crippen LogP contribution in [0.3, 0.4) is 0 Å². The molecule has 0 spiro atoms. The minimum Gasteiger partial charge on any atom is -0.508 e. The van der Waals surface area contributed by atoms with E-state index in [0.29, 0.717) is 23.0 Å². The molecule has 1 aromatic carbocycles. The molecule has 0 saturated carbocycles. The fourth-order valence-corrected chi connectivity index (χ4v) is 1.98. The van der Waals surface area contributed by atoms with Crippen molar-refractivity contribution in [3.8, 4) is 5.75 Å². The molecular formula is C13H14O3. The number of benzene rings is 1. The Morgan fingerprint density at radius 1 is 1.38 bits per heavy atom. The molecule has 0 aliphatic heterocycles. The second kappa shape index (κ2) is 3.67. The summed E-state index contributed by atoms with van der Waals surface area (Å²) in [4.78, 5) is 12.0. The zero-order valence-corrected chi connectivity index (χ0v) is 9.63. The van der Waals surface area contributed by atoms with Crippen molar-refractivity contribution >= 4 is 11.0 Å². The molecule has 0 saturated heterocycles. The van der Waals surface area contributed by atoms with Gasteiger partial charge in [-0.2, -0.15) is 0 Å². The Kier molecular flexibility index (Phi) is 2.46. The lowest BCUT2D eigenvalue weighted by Gasteiger charge is -2.09. The second-order valence-electron chi connectivity index (χ2n) is 3.97. The summed E-state index contributed by atoms with van der Waals surface area (Å²) in [6.07, 6.45) is 2.13. The molecule has 0 aliphatic carbocycles. The summed E-state index contributed by atoms with van der Waals surface area (Å²) in [6.45, 7) is 5.51. The molecule has 2 aromatic rings. The van der Waals surface area contributed by atoms with Gasteiger partial charge in [-0.15, -0.1) is 0 Å². The van der Waals surface area contributed by atoms with E-state index < -0.39 is 0 Å². The number of aromatic hydroxyl groups is 1. The molecule has 1 heterocycles. The van der Waals surface area contributed by atoms with Crippen LogP contribution >= 0.6 is 0 Å². The van der Waals surface area contributed by atoms with E-state index >= 15 is 0 Å². The number of phenols is 1. The number of aryl methyl sites for hydroxylation is 2. The Labute approximate surface area is 93.3 Å². The highest BCUT2D eigenvalue weighted by atomic mass is 16.3. The van der Waals surface area contributed by atoms with E-state index in [1.54, 1.807) is 6.92 Å². The summed E-state index contributed by atoms with van der Waals surface area (Å²) >= 11 is 0. The van der Waals surface area contributed by atoms with Gasteiger partial charge in [0.25, 0.3) is 0 Å². The molecule has 16 heavy (non-hydrogen) atoms. The first kappa shape index (κ1) is 10.7. The first-order valence-corrected chi connectivity index (χ1v) is 5.29. The summed E-state index contributed by atoms with van der Waals surface area (Å²) in [5, 5.41) is 10.3. The molecule has 1 aromatic heterocycles. The molecule has 0 unspecified atom stereocenters.